The van der Waals surface area contributed by atoms with Crippen LogP contribution in [0.15, 0.2) is 0 Å². The van der Waals surface area contributed by atoms with Gasteiger partial charge in [-0.3, -0.25) is 4.90 Å². The largest absolute Gasteiger partial charge is 0.385 e. The Morgan fingerprint density at radius 2 is 2.12 bits per heavy atom. The van der Waals surface area contributed by atoms with E-state index in [4.69, 9.17) is 21.1 Å². The first-order chi connectivity index (χ1) is 7.74. The SMILES string of the molecule is COCCCOCCN1CCC(C)C(Cl)C1. The molecule has 1 aliphatic rings. The van der Waals surface area contributed by atoms with E-state index in [1.54, 1.807) is 7.11 Å². The summed E-state index contributed by atoms with van der Waals surface area (Å²) in [6.45, 7) is 7.78. The number of hydrogen-bond donors (Lipinski definition) is 0. The second-order valence-electron chi connectivity index (χ2n) is 4.54. The quantitative estimate of drug-likeness (QED) is 0.509. The molecule has 1 aliphatic heterocycles. The van der Waals surface area contributed by atoms with E-state index < -0.39 is 0 Å². The van der Waals surface area contributed by atoms with Gasteiger partial charge in [-0.05, 0) is 25.3 Å². The maximum atomic E-state index is 6.24. The molecule has 0 saturated carbocycles. The second-order valence-corrected chi connectivity index (χ2v) is 5.10. The summed E-state index contributed by atoms with van der Waals surface area (Å²) in [5.41, 5.74) is 0. The molecule has 0 aromatic heterocycles. The van der Waals surface area contributed by atoms with Crippen LogP contribution in [0.1, 0.15) is 19.8 Å². The van der Waals surface area contributed by atoms with Gasteiger partial charge in [-0.25, -0.2) is 0 Å². The first-order valence-electron chi connectivity index (χ1n) is 6.17. The molecule has 0 radical (unpaired) electrons. The second kappa shape index (κ2) is 8.29. The fourth-order valence-electron chi connectivity index (χ4n) is 1.89. The zero-order valence-corrected chi connectivity index (χ0v) is 11.2. The molecule has 0 bridgehead atoms. The van der Waals surface area contributed by atoms with Crippen molar-refractivity contribution >= 4 is 11.6 Å². The third-order valence-electron chi connectivity index (χ3n) is 3.14. The van der Waals surface area contributed by atoms with E-state index in [-0.39, 0.29) is 0 Å². The molecule has 96 valence electrons. The van der Waals surface area contributed by atoms with Gasteiger partial charge in [-0.1, -0.05) is 6.92 Å². The van der Waals surface area contributed by atoms with Crippen LogP contribution in [0.4, 0.5) is 0 Å². The summed E-state index contributed by atoms with van der Waals surface area (Å²) in [5.74, 6) is 0.653. The van der Waals surface area contributed by atoms with Gasteiger partial charge in [-0.15, -0.1) is 11.6 Å². The molecule has 0 aromatic carbocycles. The fraction of sp³-hybridized carbons (Fsp3) is 1.00. The summed E-state index contributed by atoms with van der Waals surface area (Å²) in [7, 11) is 1.72. The highest BCUT2D eigenvalue weighted by Gasteiger charge is 2.23. The van der Waals surface area contributed by atoms with Crippen LogP contribution < -0.4 is 0 Å². The molecular weight excluding hydrogens is 226 g/mol. The van der Waals surface area contributed by atoms with Crippen molar-refractivity contribution in [3.63, 3.8) is 0 Å². The monoisotopic (exact) mass is 249 g/mol. The van der Waals surface area contributed by atoms with Crippen molar-refractivity contribution in [3.8, 4) is 0 Å². The van der Waals surface area contributed by atoms with Crippen LogP contribution in [-0.4, -0.2) is 56.8 Å². The predicted octanol–water partition coefficient (Wildman–Crippen LogP) is 1.99. The van der Waals surface area contributed by atoms with Crippen molar-refractivity contribution in [1.29, 1.82) is 0 Å². The van der Waals surface area contributed by atoms with Crippen LogP contribution in [0, 0.1) is 5.92 Å². The minimum Gasteiger partial charge on any atom is -0.385 e. The lowest BCUT2D eigenvalue weighted by molar-refractivity contribution is 0.0756. The molecule has 0 aromatic rings. The molecule has 0 spiro atoms. The van der Waals surface area contributed by atoms with Crippen LogP contribution in [0.25, 0.3) is 0 Å². The van der Waals surface area contributed by atoms with Crippen molar-refractivity contribution in [3.05, 3.63) is 0 Å². The highest BCUT2D eigenvalue weighted by molar-refractivity contribution is 6.21. The van der Waals surface area contributed by atoms with Crippen molar-refractivity contribution in [1.82, 2.24) is 4.90 Å². The summed E-state index contributed by atoms with van der Waals surface area (Å²) in [5, 5.41) is 0.308. The third-order valence-corrected chi connectivity index (χ3v) is 3.71. The highest BCUT2D eigenvalue weighted by atomic mass is 35.5. The lowest BCUT2D eigenvalue weighted by atomic mass is 9.99. The number of alkyl halides is 1. The van der Waals surface area contributed by atoms with Crippen LogP contribution >= 0.6 is 11.6 Å². The van der Waals surface area contributed by atoms with Crippen molar-refractivity contribution in [2.24, 2.45) is 5.92 Å². The fourth-order valence-corrected chi connectivity index (χ4v) is 2.21. The molecule has 1 heterocycles. The molecule has 3 nitrogen and oxygen atoms in total. The van der Waals surface area contributed by atoms with E-state index in [1.807, 2.05) is 0 Å². The van der Waals surface area contributed by atoms with Gasteiger partial charge in [0.25, 0.3) is 0 Å². The average Bonchev–Trinajstić information content (AvgIpc) is 2.28. The number of halogens is 1. The Hall–Kier alpha value is 0.170. The summed E-state index contributed by atoms with van der Waals surface area (Å²) >= 11 is 6.24. The standard InChI is InChI=1S/C12H24ClNO2/c1-11-4-5-14(10-12(11)13)6-9-16-8-3-7-15-2/h11-12H,3-10H2,1-2H3. The number of nitrogens with zero attached hydrogens (tertiary/aromatic N) is 1. The van der Waals surface area contributed by atoms with Gasteiger partial charge < -0.3 is 9.47 Å². The van der Waals surface area contributed by atoms with Gasteiger partial charge in [0.15, 0.2) is 0 Å². The molecular formula is C12H24ClNO2. The Morgan fingerprint density at radius 1 is 1.31 bits per heavy atom. The maximum absolute atomic E-state index is 6.24. The summed E-state index contributed by atoms with van der Waals surface area (Å²) in [6.07, 6.45) is 2.18. The van der Waals surface area contributed by atoms with Gasteiger partial charge in [0.1, 0.15) is 0 Å². The topological polar surface area (TPSA) is 21.7 Å². The number of hydrogen-bond acceptors (Lipinski definition) is 3. The van der Waals surface area contributed by atoms with E-state index in [0.717, 1.165) is 45.9 Å². The Labute approximate surface area is 104 Å². The molecule has 1 saturated heterocycles. The molecule has 2 unspecified atom stereocenters. The van der Waals surface area contributed by atoms with Gasteiger partial charge in [0.2, 0.25) is 0 Å². The average molecular weight is 250 g/mol. The van der Waals surface area contributed by atoms with E-state index in [1.165, 1.54) is 6.42 Å². The number of piperidine rings is 1. The summed E-state index contributed by atoms with van der Waals surface area (Å²) in [4.78, 5) is 2.40. The molecule has 0 N–H and O–H groups in total. The Balaban J connectivity index is 1.97. The molecule has 1 rings (SSSR count). The number of ether oxygens (including phenoxy) is 2. The zero-order valence-electron chi connectivity index (χ0n) is 10.5. The molecule has 0 amide bonds. The van der Waals surface area contributed by atoms with Crippen LogP contribution in [0.5, 0.6) is 0 Å². The van der Waals surface area contributed by atoms with E-state index >= 15 is 0 Å². The van der Waals surface area contributed by atoms with Crippen LogP contribution in [-0.2, 0) is 9.47 Å². The highest BCUT2D eigenvalue weighted by Crippen LogP contribution is 2.21. The summed E-state index contributed by atoms with van der Waals surface area (Å²) < 4.78 is 10.5. The Morgan fingerprint density at radius 3 is 2.81 bits per heavy atom. The number of likely N-dealkylation sites (tertiary alicyclic amines) is 1. The van der Waals surface area contributed by atoms with Crippen molar-refractivity contribution in [2.45, 2.75) is 25.1 Å². The lowest BCUT2D eigenvalue weighted by Gasteiger charge is -2.33. The Kier molecular flexibility index (Phi) is 7.37. The summed E-state index contributed by atoms with van der Waals surface area (Å²) in [6, 6.07) is 0. The Bertz CT molecular complexity index is 180. The first-order valence-corrected chi connectivity index (χ1v) is 6.60. The van der Waals surface area contributed by atoms with Crippen molar-refractivity contribution < 1.29 is 9.47 Å². The zero-order chi connectivity index (χ0) is 11.8. The van der Waals surface area contributed by atoms with Gasteiger partial charge in [-0.2, -0.15) is 0 Å². The first kappa shape index (κ1) is 14.2. The van der Waals surface area contributed by atoms with E-state index in [2.05, 4.69) is 11.8 Å². The molecule has 0 aliphatic carbocycles. The van der Waals surface area contributed by atoms with Gasteiger partial charge in [0, 0.05) is 38.8 Å². The minimum absolute atomic E-state index is 0.308. The maximum Gasteiger partial charge on any atom is 0.0593 e. The van der Waals surface area contributed by atoms with E-state index in [0.29, 0.717) is 11.3 Å². The normalized spacial score (nSPS) is 27.2. The third kappa shape index (κ3) is 5.48. The molecule has 2 atom stereocenters. The van der Waals surface area contributed by atoms with Crippen LogP contribution in [0.3, 0.4) is 0 Å². The van der Waals surface area contributed by atoms with Gasteiger partial charge >= 0.3 is 0 Å². The lowest BCUT2D eigenvalue weighted by Crippen LogP contribution is -2.41. The molecule has 16 heavy (non-hydrogen) atoms. The van der Waals surface area contributed by atoms with Gasteiger partial charge in [0.05, 0.1) is 6.61 Å². The predicted molar refractivity (Wildman–Crippen MR) is 67.2 cm³/mol. The van der Waals surface area contributed by atoms with Crippen molar-refractivity contribution in [2.75, 3.05) is 46.6 Å². The number of rotatable bonds is 7. The molecule has 1 fully saturated rings. The number of methoxy groups -OCH3 is 1. The van der Waals surface area contributed by atoms with Crippen LogP contribution in [0.2, 0.25) is 0 Å². The van der Waals surface area contributed by atoms with E-state index in [9.17, 15) is 0 Å². The smallest absolute Gasteiger partial charge is 0.0593 e. The minimum atomic E-state index is 0.308. The molecule has 4 heteroatoms.